The van der Waals surface area contributed by atoms with E-state index in [4.69, 9.17) is 5.39 Å². The molecule has 0 fully saturated rings. The quantitative estimate of drug-likeness (QED) is 0.425. The molecule has 0 N–H and O–H groups in total. The van der Waals surface area contributed by atoms with Gasteiger partial charge in [-0.15, -0.1) is 0 Å². The summed E-state index contributed by atoms with van der Waals surface area (Å²) in [6.07, 6.45) is 6.89. The zero-order valence-electron chi connectivity index (χ0n) is 7.71. The van der Waals surface area contributed by atoms with Crippen LogP contribution in [-0.2, 0) is 0 Å². The van der Waals surface area contributed by atoms with Gasteiger partial charge in [-0.05, 0) is 12.8 Å². The largest absolute Gasteiger partial charge is 0.314 e. The number of nitrogens with zero attached hydrogens (tertiary/aromatic N) is 2. The fraction of sp³-hybridized carbons (Fsp3) is 1.00. The number of diazo groups is 1. The highest BCUT2D eigenvalue weighted by molar-refractivity contribution is 4.74. The van der Waals surface area contributed by atoms with Crippen LogP contribution in [0, 0.1) is 5.39 Å². The standard InChI is InChI=1S/C9H19N2/c1-3-5-6-8-9(11-10)7-4-2/h9H,3-8H2,1-2H3/q+1. The van der Waals surface area contributed by atoms with Crippen LogP contribution in [0.15, 0.2) is 0 Å². The van der Waals surface area contributed by atoms with Crippen LogP contribution in [0.2, 0.25) is 0 Å². The smallest absolute Gasteiger partial charge is 0.0654 e. The van der Waals surface area contributed by atoms with E-state index in [-0.39, 0.29) is 6.04 Å². The third-order valence-electron chi connectivity index (χ3n) is 1.93. The molecule has 0 heterocycles. The maximum atomic E-state index is 8.58. The summed E-state index contributed by atoms with van der Waals surface area (Å²) in [5.74, 6) is 0. The maximum Gasteiger partial charge on any atom is 0.314 e. The molecule has 0 aromatic rings. The molecule has 2 nitrogen and oxygen atoms in total. The summed E-state index contributed by atoms with van der Waals surface area (Å²) in [5.41, 5.74) is 0. The van der Waals surface area contributed by atoms with E-state index in [9.17, 15) is 0 Å². The van der Waals surface area contributed by atoms with Gasteiger partial charge in [0.25, 0.3) is 0 Å². The van der Waals surface area contributed by atoms with Gasteiger partial charge in [0.2, 0.25) is 5.39 Å². The molecule has 0 aliphatic carbocycles. The predicted octanol–water partition coefficient (Wildman–Crippen LogP) is 3.59. The fourth-order valence-corrected chi connectivity index (χ4v) is 1.22. The van der Waals surface area contributed by atoms with Crippen LogP contribution in [0.25, 0.3) is 4.98 Å². The van der Waals surface area contributed by atoms with E-state index >= 15 is 0 Å². The molecule has 0 spiro atoms. The number of rotatable bonds is 6. The molecule has 0 saturated carbocycles. The second kappa shape index (κ2) is 7.53. The van der Waals surface area contributed by atoms with Gasteiger partial charge in [-0.1, -0.05) is 26.7 Å². The van der Waals surface area contributed by atoms with Gasteiger partial charge in [-0.2, -0.15) is 0 Å². The van der Waals surface area contributed by atoms with Crippen molar-refractivity contribution >= 4 is 0 Å². The molecule has 0 amide bonds. The summed E-state index contributed by atoms with van der Waals surface area (Å²) in [7, 11) is 0. The highest BCUT2D eigenvalue weighted by atomic mass is 14.9. The lowest BCUT2D eigenvalue weighted by molar-refractivity contribution is 0.567. The Bertz CT molecular complexity index is 115. The summed E-state index contributed by atoms with van der Waals surface area (Å²) >= 11 is 0. The minimum absolute atomic E-state index is 0.201. The third-order valence-corrected chi connectivity index (χ3v) is 1.93. The van der Waals surface area contributed by atoms with Gasteiger partial charge in [0.15, 0.2) is 0 Å². The van der Waals surface area contributed by atoms with Gasteiger partial charge >= 0.3 is 6.04 Å². The Morgan fingerprint density at radius 2 is 1.82 bits per heavy atom. The van der Waals surface area contributed by atoms with Gasteiger partial charge in [0, 0.05) is 12.8 Å². The fourth-order valence-electron chi connectivity index (χ4n) is 1.22. The summed E-state index contributed by atoms with van der Waals surface area (Å²) < 4.78 is 0. The average Bonchev–Trinajstić information content (AvgIpc) is 2.03. The van der Waals surface area contributed by atoms with Crippen molar-refractivity contribution in [2.45, 2.75) is 58.4 Å². The minimum Gasteiger partial charge on any atom is -0.0654 e. The van der Waals surface area contributed by atoms with Crippen LogP contribution in [0.1, 0.15) is 52.4 Å². The first-order valence-corrected chi connectivity index (χ1v) is 4.69. The lowest BCUT2D eigenvalue weighted by Crippen LogP contribution is -2.00. The van der Waals surface area contributed by atoms with Crippen molar-refractivity contribution in [3.8, 4) is 0 Å². The Labute approximate surface area is 69.6 Å². The van der Waals surface area contributed by atoms with Crippen LogP contribution in [0.4, 0.5) is 0 Å². The normalized spacial score (nSPS) is 12.5. The van der Waals surface area contributed by atoms with Crippen molar-refractivity contribution in [1.29, 1.82) is 5.39 Å². The van der Waals surface area contributed by atoms with E-state index in [0.717, 1.165) is 19.3 Å². The summed E-state index contributed by atoms with van der Waals surface area (Å²) in [6.45, 7) is 4.31. The zero-order chi connectivity index (χ0) is 8.53. The van der Waals surface area contributed by atoms with Gasteiger partial charge in [-0.3, -0.25) is 0 Å². The molecule has 0 rings (SSSR count). The molecule has 1 unspecified atom stereocenters. The molecule has 64 valence electrons. The Morgan fingerprint density at radius 1 is 1.09 bits per heavy atom. The number of unbranched alkanes of at least 4 members (excludes halogenated alkanes) is 2. The van der Waals surface area contributed by atoms with E-state index in [1.807, 2.05) is 0 Å². The molecular formula is C9H19N2+. The molecular weight excluding hydrogens is 136 g/mol. The Hall–Kier alpha value is -0.580. The van der Waals surface area contributed by atoms with Crippen molar-refractivity contribution in [3.63, 3.8) is 0 Å². The second-order valence-corrected chi connectivity index (χ2v) is 3.05. The highest BCUT2D eigenvalue weighted by Crippen LogP contribution is 2.11. The monoisotopic (exact) mass is 155 g/mol. The summed E-state index contributed by atoms with van der Waals surface area (Å²) in [6, 6.07) is 0.201. The molecule has 0 aromatic heterocycles. The first-order chi connectivity index (χ1) is 5.35. The van der Waals surface area contributed by atoms with Crippen molar-refractivity contribution in [2.24, 2.45) is 0 Å². The maximum absolute atomic E-state index is 8.58. The Morgan fingerprint density at radius 3 is 2.27 bits per heavy atom. The summed E-state index contributed by atoms with van der Waals surface area (Å²) in [5, 5.41) is 8.58. The van der Waals surface area contributed by atoms with Crippen molar-refractivity contribution in [2.75, 3.05) is 0 Å². The average molecular weight is 155 g/mol. The van der Waals surface area contributed by atoms with Crippen LogP contribution in [-0.4, -0.2) is 6.04 Å². The van der Waals surface area contributed by atoms with Crippen molar-refractivity contribution < 1.29 is 0 Å². The number of hydrogen-bond donors (Lipinski definition) is 0. The van der Waals surface area contributed by atoms with Gasteiger partial charge in [0.05, 0.1) is 0 Å². The second-order valence-electron chi connectivity index (χ2n) is 3.05. The van der Waals surface area contributed by atoms with Crippen molar-refractivity contribution in [3.05, 3.63) is 4.98 Å². The van der Waals surface area contributed by atoms with Crippen LogP contribution < -0.4 is 0 Å². The Balaban J connectivity index is 3.30. The van der Waals surface area contributed by atoms with Crippen LogP contribution >= 0.6 is 0 Å². The topological polar surface area (TPSA) is 28.1 Å². The molecule has 0 radical (unpaired) electrons. The van der Waals surface area contributed by atoms with Gasteiger partial charge in [-0.25, -0.2) is 0 Å². The molecule has 0 saturated heterocycles. The van der Waals surface area contributed by atoms with E-state index in [2.05, 4.69) is 18.8 Å². The SMILES string of the molecule is CCCCCC(CCC)[N+]#N. The van der Waals surface area contributed by atoms with E-state index < -0.39 is 0 Å². The third kappa shape index (κ3) is 5.84. The van der Waals surface area contributed by atoms with Crippen LogP contribution in [0.5, 0.6) is 0 Å². The first-order valence-electron chi connectivity index (χ1n) is 4.69. The first kappa shape index (κ1) is 10.4. The van der Waals surface area contributed by atoms with E-state index in [0.29, 0.717) is 0 Å². The minimum atomic E-state index is 0.201. The molecule has 0 aliphatic heterocycles. The zero-order valence-corrected chi connectivity index (χ0v) is 7.71. The summed E-state index contributed by atoms with van der Waals surface area (Å²) in [4.78, 5) is 3.35. The molecule has 0 bridgehead atoms. The Kier molecular flexibility index (Phi) is 7.13. The molecule has 11 heavy (non-hydrogen) atoms. The van der Waals surface area contributed by atoms with Gasteiger partial charge < -0.3 is 0 Å². The van der Waals surface area contributed by atoms with E-state index in [1.165, 1.54) is 19.3 Å². The molecule has 0 aromatic carbocycles. The van der Waals surface area contributed by atoms with Crippen LogP contribution in [0.3, 0.4) is 0 Å². The molecule has 0 aliphatic rings. The number of hydrogen-bond acceptors (Lipinski definition) is 1. The lowest BCUT2D eigenvalue weighted by Gasteiger charge is -1.96. The highest BCUT2D eigenvalue weighted by Gasteiger charge is 2.16. The van der Waals surface area contributed by atoms with Crippen molar-refractivity contribution in [1.82, 2.24) is 0 Å². The molecule has 2 heteroatoms. The lowest BCUT2D eigenvalue weighted by atomic mass is 10.1. The predicted molar refractivity (Wildman–Crippen MR) is 47.9 cm³/mol. The van der Waals surface area contributed by atoms with Gasteiger partial charge in [0.1, 0.15) is 4.98 Å². The van der Waals surface area contributed by atoms with E-state index in [1.54, 1.807) is 0 Å². The molecule has 1 atom stereocenters.